The van der Waals surface area contributed by atoms with Crippen LogP contribution in [-0.4, -0.2) is 0 Å². The monoisotopic (exact) mass is 564 g/mol. The van der Waals surface area contributed by atoms with E-state index in [-0.39, 0.29) is 10.8 Å². The van der Waals surface area contributed by atoms with E-state index < -0.39 is 7.92 Å². The van der Waals surface area contributed by atoms with Gasteiger partial charge in [-0.3, -0.25) is 0 Å². The van der Waals surface area contributed by atoms with E-state index in [0.717, 1.165) is 0 Å². The number of hydrogen-bond donors (Lipinski definition) is 0. The minimum atomic E-state index is -0.692. The molecule has 2 bridgehead atoms. The lowest BCUT2D eigenvalue weighted by Crippen LogP contribution is -2.33. The van der Waals surface area contributed by atoms with Crippen LogP contribution in [0.4, 0.5) is 0 Å². The van der Waals surface area contributed by atoms with Crippen molar-refractivity contribution in [3.05, 3.63) is 78.5 Å². The fourth-order valence-corrected chi connectivity index (χ4v) is 13.2. The second-order valence-electron chi connectivity index (χ2n) is 11.6. The highest BCUT2D eigenvalue weighted by atomic mass is 79.9. The molecule has 0 amide bonds. The number of fused-ring (bicyclic) bond motifs is 2. The lowest BCUT2D eigenvalue weighted by molar-refractivity contribution is 0.189. The summed E-state index contributed by atoms with van der Waals surface area (Å²) in [5.74, 6) is 0.626. The summed E-state index contributed by atoms with van der Waals surface area (Å²) in [6.07, 6.45) is 2.58. The number of aryl methyl sites for hydroxylation is 6. The molecule has 2 aliphatic rings. The van der Waals surface area contributed by atoms with Crippen molar-refractivity contribution in [3.8, 4) is 0 Å². The molecule has 35 heavy (non-hydrogen) atoms. The number of allylic oxidation sites excluding steroid dienone is 2. The van der Waals surface area contributed by atoms with E-state index in [9.17, 15) is 0 Å². The molecule has 5 rings (SSSR count). The van der Waals surface area contributed by atoms with Gasteiger partial charge in [0.15, 0.2) is 0 Å². The van der Waals surface area contributed by atoms with Gasteiger partial charge in [0.2, 0.25) is 0 Å². The van der Waals surface area contributed by atoms with Crippen LogP contribution < -0.4 is 15.9 Å². The van der Waals surface area contributed by atoms with Gasteiger partial charge in [-0.15, -0.1) is 11.3 Å². The fourth-order valence-electron chi connectivity index (χ4n) is 7.11. The smallest absolute Gasteiger partial charge is 0.0107 e. The van der Waals surface area contributed by atoms with Crippen LogP contribution in [0.3, 0.4) is 0 Å². The highest BCUT2D eigenvalue weighted by Gasteiger charge is 2.61. The molecule has 0 aliphatic heterocycles. The van der Waals surface area contributed by atoms with E-state index in [1.807, 2.05) is 11.3 Å². The van der Waals surface area contributed by atoms with Crippen molar-refractivity contribution < 1.29 is 0 Å². The third-order valence-electron chi connectivity index (χ3n) is 9.35. The minimum Gasteiger partial charge on any atom is -0.145 e. The summed E-state index contributed by atoms with van der Waals surface area (Å²) in [5, 5.41) is 4.70. The minimum absolute atomic E-state index is 0.200. The molecule has 184 valence electrons. The summed E-state index contributed by atoms with van der Waals surface area (Å²) < 4.78 is 1.48. The maximum Gasteiger partial charge on any atom is 0.0107 e. The lowest BCUT2D eigenvalue weighted by atomic mass is 9.66. The van der Waals surface area contributed by atoms with Gasteiger partial charge in [0.05, 0.1) is 0 Å². The van der Waals surface area contributed by atoms with Crippen LogP contribution in [0.25, 0.3) is 5.57 Å². The third kappa shape index (κ3) is 3.53. The molecule has 2 aromatic carbocycles. The zero-order valence-corrected chi connectivity index (χ0v) is 26.0. The van der Waals surface area contributed by atoms with Gasteiger partial charge in [-0.25, -0.2) is 0 Å². The maximum atomic E-state index is 4.20. The van der Waals surface area contributed by atoms with Crippen LogP contribution in [-0.2, 0) is 0 Å². The number of hydrogen-bond acceptors (Lipinski definition) is 1. The number of rotatable bonds is 4. The summed E-state index contributed by atoms with van der Waals surface area (Å²) in [7, 11) is -0.692. The quantitative estimate of drug-likeness (QED) is 0.277. The average molecular weight is 566 g/mol. The second-order valence-corrected chi connectivity index (χ2v) is 15.9. The van der Waals surface area contributed by atoms with Crippen molar-refractivity contribution in [1.29, 1.82) is 0 Å². The van der Waals surface area contributed by atoms with Gasteiger partial charge >= 0.3 is 0 Å². The van der Waals surface area contributed by atoms with Crippen LogP contribution in [0.2, 0.25) is 0 Å². The topological polar surface area (TPSA) is 0 Å². The Kier molecular flexibility index (Phi) is 6.31. The molecule has 3 aromatic rings. The van der Waals surface area contributed by atoms with Crippen LogP contribution in [0.5, 0.6) is 0 Å². The number of thiophene rings is 1. The molecule has 2 atom stereocenters. The number of benzene rings is 2. The Labute approximate surface area is 226 Å². The van der Waals surface area contributed by atoms with Gasteiger partial charge in [-0.1, -0.05) is 73.1 Å². The Balaban J connectivity index is 1.88. The SMILES string of the molecule is Cc1cccc(C)c1P(c1c(C)cccc1C)c1c(C)sc(C)c1C1=C(Br)C2CCC1(C)C2(C)C. The zero-order valence-electron chi connectivity index (χ0n) is 22.7. The molecule has 1 aromatic heterocycles. The van der Waals surface area contributed by atoms with E-state index in [4.69, 9.17) is 0 Å². The Morgan fingerprint density at radius 1 is 0.771 bits per heavy atom. The van der Waals surface area contributed by atoms with E-state index in [1.54, 1.807) is 27.1 Å². The molecule has 0 radical (unpaired) electrons. The first kappa shape index (κ1) is 25.4. The molecular formula is C32H38BrPS. The van der Waals surface area contributed by atoms with Crippen molar-refractivity contribution in [3.63, 3.8) is 0 Å². The normalized spacial score (nSPS) is 23.1. The van der Waals surface area contributed by atoms with Gasteiger partial charge in [0.25, 0.3) is 0 Å². The summed E-state index contributed by atoms with van der Waals surface area (Å²) in [4.78, 5) is 2.98. The zero-order chi connectivity index (χ0) is 25.4. The summed E-state index contributed by atoms with van der Waals surface area (Å²) in [6, 6.07) is 13.7. The molecule has 2 aliphatic carbocycles. The standard InChI is InChI=1S/C32H38BrPS/c1-18-12-10-13-19(2)28(18)34(29-20(3)14-11-15-21(29)4)30-23(6)35-22(5)25(30)26-27(33)24-16-17-32(26,9)31(24,7)8/h10-15,24H,16-17H2,1-9H3. The second kappa shape index (κ2) is 8.68. The first-order valence-electron chi connectivity index (χ1n) is 12.8. The van der Waals surface area contributed by atoms with Crippen molar-refractivity contribution in [2.45, 2.75) is 75.2 Å². The predicted molar refractivity (Wildman–Crippen MR) is 162 cm³/mol. The molecule has 3 heteroatoms. The fraction of sp³-hybridized carbons (Fsp3) is 0.438. The third-order valence-corrected chi connectivity index (χ3v) is 14.8. The van der Waals surface area contributed by atoms with Gasteiger partial charge in [0.1, 0.15) is 0 Å². The molecule has 1 fully saturated rings. The predicted octanol–water partition coefficient (Wildman–Crippen LogP) is 8.92. The van der Waals surface area contributed by atoms with Gasteiger partial charge in [-0.05, 0) is 117 Å². The Morgan fingerprint density at radius 3 is 1.69 bits per heavy atom. The molecule has 2 unspecified atom stereocenters. The summed E-state index contributed by atoms with van der Waals surface area (Å²) >= 11 is 6.21. The van der Waals surface area contributed by atoms with Crippen molar-refractivity contribution in [1.82, 2.24) is 0 Å². The maximum absolute atomic E-state index is 4.20. The van der Waals surface area contributed by atoms with Crippen LogP contribution in [0, 0.1) is 58.3 Å². The van der Waals surface area contributed by atoms with E-state index in [2.05, 4.69) is 115 Å². The van der Waals surface area contributed by atoms with Gasteiger partial charge < -0.3 is 0 Å². The van der Waals surface area contributed by atoms with Crippen LogP contribution in [0.1, 0.15) is 71.2 Å². The molecule has 0 saturated heterocycles. The highest BCUT2D eigenvalue weighted by molar-refractivity contribution is 9.11. The molecular weight excluding hydrogens is 527 g/mol. The molecule has 0 spiro atoms. The first-order chi connectivity index (χ1) is 16.4. The van der Waals surface area contributed by atoms with Crippen molar-refractivity contribution in [2.24, 2.45) is 16.7 Å². The Morgan fingerprint density at radius 2 is 1.26 bits per heavy atom. The van der Waals surface area contributed by atoms with Crippen LogP contribution >= 0.6 is 35.2 Å². The average Bonchev–Trinajstić information content (AvgIpc) is 3.23. The molecule has 0 nitrogen and oxygen atoms in total. The molecule has 1 heterocycles. The highest BCUT2D eigenvalue weighted by Crippen LogP contribution is 2.72. The summed E-state index contributed by atoms with van der Waals surface area (Å²) in [5.41, 5.74) is 9.32. The van der Waals surface area contributed by atoms with Gasteiger partial charge in [0, 0.05) is 25.1 Å². The summed E-state index contributed by atoms with van der Waals surface area (Å²) in [6.45, 7) is 21.6. The lowest BCUT2D eigenvalue weighted by Gasteiger charge is -2.38. The first-order valence-corrected chi connectivity index (χ1v) is 15.8. The van der Waals surface area contributed by atoms with Crippen molar-refractivity contribution in [2.75, 3.05) is 0 Å². The van der Waals surface area contributed by atoms with Crippen LogP contribution in [0.15, 0.2) is 40.9 Å². The molecule has 0 N–H and O–H groups in total. The Bertz CT molecular complexity index is 1280. The van der Waals surface area contributed by atoms with E-state index in [1.165, 1.54) is 49.3 Å². The van der Waals surface area contributed by atoms with Crippen molar-refractivity contribution >= 4 is 56.7 Å². The number of halogens is 1. The van der Waals surface area contributed by atoms with E-state index >= 15 is 0 Å². The van der Waals surface area contributed by atoms with E-state index in [0.29, 0.717) is 5.92 Å². The Hall–Kier alpha value is -1.21. The van der Waals surface area contributed by atoms with Gasteiger partial charge in [-0.2, -0.15) is 0 Å². The molecule has 1 saturated carbocycles. The largest absolute Gasteiger partial charge is 0.145 e.